The Balaban J connectivity index is 1.94. The standard InChI is InChI=1S/C19H14N2O6/c22-19(23)14-8-15(11-3-1-4-12(7-11)21(24)25)20-16-10-18-17(9-13(14)16)26-5-2-6-27-18/h1,3-4,7-10H,2,5-6H2,(H,22,23). The number of fused-ring (bicyclic) bond motifs is 2. The molecule has 0 saturated carbocycles. The molecule has 8 nitrogen and oxygen atoms in total. The van der Waals surface area contributed by atoms with Gasteiger partial charge in [-0.05, 0) is 12.1 Å². The lowest BCUT2D eigenvalue weighted by Gasteiger charge is -2.12. The maximum atomic E-state index is 11.8. The van der Waals surface area contributed by atoms with E-state index in [9.17, 15) is 20.0 Å². The fraction of sp³-hybridized carbons (Fsp3) is 0.158. The predicted molar refractivity (Wildman–Crippen MR) is 96.4 cm³/mol. The summed E-state index contributed by atoms with van der Waals surface area (Å²) in [6.07, 6.45) is 0.725. The average molecular weight is 366 g/mol. The van der Waals surface area contributed by atoms with Crippen molar-refractivity contribution in [2.24, 2.45) is 0 Å². The summed E-state index contributed by atoms with van der Waals surface area (Å²) in [6, 6.07) is 10.6. The van der Waals surface area contributed by atoms with Crippen LogP contribution in [0.25, 0.3) is 22.2 Å². The zero-order valence-electron chi connectivity index (χ0n) is 14.0. The summed E-state index contributed by atoms with van der Waals surface area (Å²) in [6.45, 7) is 0.981. The van der Waals surface area contributed by atoms with Crippen molar-refractivity contribution in [2.75, 3.05) is 13.2 Å². The Morgan fingerprint density at radius 2 is 1.85 bits per heavy atom. The number of nitro benzene ring substituents is 1. The second kappa shape index (κ2) is 6.56. The van der Waals surface area contributed by atoms with Gasteiger partial charge in [-0.1, -0.05) is 12.1 Å². The highest BCUT2D eigenvalue weighted by Gasteiger charge is 2.19. The zero-order chi connectivity index (χ0) is 19.0. The summed E-state index contributed by atoms with van der Waals surface area (Å²) >= 11 is 0. The van der Waals surface area contributed by atoms with E-state index in [0.29, 0.717) is 46.9 Å². The van der Waals surface area contributed by atoms with Gasteiger partial charge in [-0.3, -0.25) is 10.1 Å². The number of pyridine rings is 1. The predicted octanol–water partition coefficient (Wildman–Crippen LogP) is 3.67. The maximum absolute atomic E-state index is 11.8. The number of non-ortho nitro benzene ring substituents is 1. The summed E-state index contributed by atoms with van der Waals surface area (Å²) in [5.74, 6) is -0.143. The molecular weight excluding hydrogens is 352 g/mol. The second-order valence-electron chi connectivity index (χ2n) is 6.03. The van der Waals surface area contributed by atoms with Gasteiger partial charge in [0.25, 0.3) is 5.69 Å². The average Bonchev–Trinajstić information content (AvgIpc) is 2.90. The lowest BCUT2D eigenvalue weighted by molar-refractivity contribution is -0.384. The maximum Gasteiger partial charge on any atom is 0.336 e. The van der Waals surface area contributed by atoms with Crippen LogP contribution in [-0.2, 0) is 0 Å². The molecule has 1 aliphatic rings. The minimum atomic E-state index is -1.12. The molecule has 0 saturated heterocycles. The number of benzene rings is 2. The molecule has 0 spiro atoms. The highest BCUT2D eigenvalue weighted by Crippen LogP contribution is 2.36. The normalized spacial score (nSPS) is 13.2. The van der Waals surface area contributed by atoms with Crippen molar-refractivity contribution in [1.29, 1.82) is 0 Å². The number of aromatic nitrogens is 1. The topological polar surface area (TPSA) is 112 Å². The molecule has 2 heterocycles. The Morgan fingerprint density at radius 1 is 1.11 bits per heavy atom. The fourth-order valence-corrected chi connectivity index (χ4v) is 2.99. The van der Waals surface area contributed by atoms with Crippen LogP contribution >= 0.6 is 0 Å². The van der Waals surface area contributed by atoms with Crippen molar-refractivity contribution in [2.45, 2.75) is 6.42 Å². The van der Waals surface area contributed by atoms with Gasteiger partial charge in [0.05, 0.1) is 34.9 Å². The van der Waals surface area contributed by atoms with E-state index in [2.05, 4.69) is 4.98 Å². The van der Waals surface area contributed by atoms with Gasteiger partial charge in [-0.2, -0.15) is 0 Å². The molecule has 0 unspecified atom stereocenters. The van der Waals surface area contributed by atoms with Crippen LogP contribution in [0.4, 0.5) is 5.69 Å². The van der Waals surface area contributed by atoms with E-state index in [1.54, 1.807) is 18.2 Å². The van der Waals surface area contributed by atoms with Gasteiger partial charge in [0.15, 0.2) is 11.5 Å². The first kappa shape index (κ1) is 16.8. The van der Waals surface area contributed by atoms with Crippen molar-refractivity contribution in [1.82, 2.24) is 4.98 Å². The van der Waals surface area contributed by atoms with Crippen molar-refractivity contribution in [3.63, 3.8) is 0 Å². The number of carbonyl (C=O) groups is 1. The molecule has 1 N–H and O–H groups in total. The third kappa shape index (κ3) is 3.12. The second-order valence-corrected chi connectivity index (χ2v) is 6.03. The summed E-state index contributed by atoms with van der Waals surface area (Å²) < 4.78 is 11.3. The highest BCUT2D eigenvalue weighted by atomic mass is 16.6. The number of hydrogen-bond donors (Lipinski definition) is 1. The number of hydrogen-bond acceptors (Lipinski definition) is 6. The van der Waals surface area contributed by atoms with Gasteiger partial charge in [0, 0.05) is 35.6 Å². The number of ether oxygens (including phenoxy) is 2. The van der Waals surface area contributed by atoms with Gasteiger partial charge >= 0.3 is 5.97 Å². The molecule has 0 atom stereocenters. The number of nitro groups is 1. The first-order chi connectivity index (χ1) is 13.0. The molecule has 136 valence electrons. The molecule has 8 heteroatoms. The molecule has 27 heavy (non-hydrogen) atoms. The summed E-state index contributed by atoms with van der Waals surface area (Å²) in [4.78, 5) is 26.8. The molecule has 0 fully saturated rings. The fourth-order valence-electron chi connectivity index (χ4n) is 2.99. The van der Waals surface area contributed by atoms with Crippen LogP contribution in [0.2, 0.25) is 0 Å². The summed E-state index contributed by atoms with van der Waals surface area (Å²) in [7, 11) is 0. The van der Waals surface area contributed by atoms with E-state index in [0.717, 1.165) is 6.42 Å². The minimum Gasteiger partial charge on any atom is -0.490 e. The van der Waals surface area contributed by atoms with Crippen molar-refractivity contribution >= 4 is 22.6 Å². The van der Waals surface area contributed by atoms with E-state index in [4.69, 9.17) is 9.47 Å². The Morgan fingerprint density at radius 3 is 2.56 bits per heavy atom. The SMILES string of the molecule is O=C(O)c1cc(-c2cccc([N+](=O)[O-])c2)nc2cc3c(cc12)OCCCO3. The lowest BCUT2D eigenvalue weighted by atomic mass is 10.0. The van der Waals surface area contributed by atoms with Crippen LogP contribution in [0.5, 0.6) is 11.5 Å². The number of aromatic carboxylic acids is 1. The molecule has 4 rings (SSSR count). The smallest absolute Gasteiger partial charge is 0.336 e. The molecular formula is C19H14N2O6. The molecule has 0 bridgehead atoms. The van der Waals surface area contributed by atoms with Crippen LogP contribution in [0.3, 0.4) is 0 Å². The molecule has 1 aliphatic heterocycles. The highest BCUT2D eigenvalue weighted by molar-refractivity contribution is 6.04. The van der Waals surface area contributed by atoms with E-state index in [-0.39, 0.29) is 11.3 Å². The van der Waals surface area contributed by atoms with Crippen LogP contribution in [0.15, 0.2) is 42.5 Å². The number of nitrogens with zero attached hydrogens (tertiary/aromatic N) is 2. The van der Waals surface area contributed by atoms with Crippen LogP contribution in [0, 0.1) is 10.1 Å². The van der Waals surface area contributed by atoms with Gasteiger partial charge in [0.1, 0.15) is 0 Å². The van der Waals surface area contributed by atoms with Crippen LogP contribution in [0.1, 0.15) is 16.8 Å². The van der Waals surface area contributed by atoms with Crippen LogP contribution in [-0.4, -0.2) is 34.2 Å². The lowest BCUT2D eigenvalue weighted by Crippen LogP contribution is -2.02. The quantitative estimate of drug-likeness (QED) is 0.556. The zero-order valence-corrected chi connectivity index (χ0v) is 14.0. The van der Waals surface area contributed by atoms with Crippen molar-refractivity contribution < 1.29 is 24.3 Å². The molecule has 3 aromatic rings. The Hall–Kier alpha value is -3.68. The third-order valence-corrected chi connectivity index (χ3v) is 4.26. The first-order valence-corrected chi connectivity index (χ1v) is 8.25. The van der Waals surface area contributed by atoms with Gasteiger partial charge in [0.2, 0.25) is 0 Å². The van der Waals surface area contributed by atoms with Gasteiger partial charge in [-0.25, -0.2) is 9.78 Å². The van der Waals surface area contributed by atoms with E-state index in [1.807, 2.05) is 0 Å². The Labute approximate surface area is 153 Å². The van der Waals surface area contributed by atoms with E-state index < -0.39 is 10.9 Å². The van der Waals surface area contributed by atoms with Crippen LogP contribution < -0.4 is 9.47 Å². The Bertz CT molecular complexity index is 1080. The monoisotopic (exact) mass is 366 g/mol. The van der Waals surface area contributed by atoms with E-state index >= 15 is 0 Å². The molecule has 1 aromatic heterocycles. The minimum absolute atomic E-state index is 0.0390. The number of carboxylic acids is 1. The van der Waals surface area contributed by atoms with Crippen molar-refractivity contribution in [3.8, 4) is 22.8 Å². The molecule has 0 radical (unpaired) electrons. The summed E-state index contributed by atoms with van der Waals surface area (Å²) in [5, 5.41) is 21.1. The third-order valence-electron chi connectivity index (χ3n) is 4.26. The Kier molecular flexibility index (Phi) is 4.08. The molecule has 0 amide bonds. The number of carboxylic acid groups (broad SMARTS) is 1. The number of rotatable bonds is 3. The molecule has 2 aromatic carbocycles. The van der Waals surface area contributed by atoms with Gasteiger partial charge in [-0.15, -0.1) is 0 Å². The largest absolute Gasteiger partial charge is 0.490 e. The van der Waals surface area contributed by atoms with Gasteiger partial charge < -0.3 is 14.6 Å². The summed E-state index contributed by atoms with van der Waals surface area (Å²) in [5.41, 5.74) is 1.15. The molecule has 0 aliphatic carbocycles. The first-order valence-electron chi connectivity index (χ1n) is 8.25. The van der Waals surface area contributed by atoms with Crippen molar-refractivity contribution in [3.05, 3.63) is 58.1 Å². The van der Waals surface area contributed by atoms with E-state index in [1.165, 1.54) is 24.3 Å².